The summed E-state index contributed by atoms with van der Waals surface area (Å²) in [6.45, 7) is 1.83. The summed E-state index contributed by atoms with van der Waals surface area (Å²) >= 11 is 6.11. The summed E-state index contributed by atoms with van der Waals surface area (Å²) in [5, 5.41) is 9.67. The summed E-state index contributed by atoms with van der Waals surface area (Å²) in [5.74, 6) is -1.30. The molecule has 0 bridgehead atoms. The van der Waals surface area contributed by atoms with Crippen LogP contribution in [0.2, 0.25) is 5.02 Å². The van der Waals surface area contributed by atoms with Crippen LogP contribution in [0.15, 0.2) is 52.8 Å². The van der Waals surface area contributed by atoms with E-state index in [0.717, 1.165) is 10.5 Å². The Morgan fingerprint density at radius 2 is 1.72 bits per heavy atom. The molecular formula is C17H12ClFN4O2. The Labute approximate surface area is 147 Å². The Balaban J connectivity index is 1.70. The van der Waals surface area contributed by atoms with Gasteiger partial charge in [0.1, 0.15) is 5.82 Å². The topological polar surface area (TPSA) is 65.3 Å². The van der Waals surface area contributed by atoms with Crippen LogP contribution >= 0.6 is 11.6 Å². The van der Waals surface area contributed by atoms with Crippen molar-refractivity contribution in [3.05, 3.63) is 58.9 Å². The van der Waals surface area contributed by atoms with E-state index >= 15 is 0 Å². The SMILES string of the molecule is Cc1ccc(N2C(=O)C3N=NN(c4ccc(F)cc4)C3C2=O)cc1Cl. The molecule has 126 valence electrons. The molecule has 6 nitrogen and oxygen atoms in total. The summed E-state index contributed by atoms with van der Waals surface area (Å²) in [6.07, 6.45) is 0. The van der Waals surface area contributed by atoms with E-state index in [-0.39, 0.29) is 0 Å². The predicted octanol–water partition coefficient (Wildman–Crippen LogP) is 3.29. The summed E-state index contributed by atoms with van der Waals surface area (Å²) in [4.78, 5) is 26.6. The number of anilines is 2. The number of hydrogen-bond acceptors (Lipinski definition) is 5. The van der Waals surface area contributed by atoms with E-state index in [1.54, 1.807) is 18.2 Å². The monoisotopic (exact) mass is 358 g/mol. The fourth-order valence-electron chi connectivity index (χ4n) is 2.94. The molecule has 2 unspecified atom stereocenters. The molecule has 25 heavy (non-hydrogen) atoms. The number of rotatable bonds is 2. The van der Waals surface area contributed by atoms with Gasteiger partial charge < -0.3 is 0 Å². The van der Waals surface area contributed by atoms with Crippen LogP contribution in [0.25, 0.3) is 0 Å². The Hall–Kier alpha value is -2.80. The highest BCUT2D eigenvalue weighted by atomic mass is 35.5. The molecule has 2 aromatic rings. The van der Waals surface area contributed by atoms with E-state index in [2.05, 4.69) is 10.3 Å². The van der Waals surface area contributed by atoms with Crippen molar-refractivity contribution < 1.29 is 14.0 Å². The van der Waals surface area contributed by atoms with Crippen molar-refractivity contribution in [2.45, 2.75) is 19.0 Å². The number of nitrogens with zero attached hydrogens (tertiary/aromatic N) is 4. The van der Waals surface area contributed by atoms with Gasteiger partial charge in [0.2, 0.25) is 0 Å². The first-order valence-corrected chi connectivity index (χ1v) is 7.95. The number of halogens is 2. The lowest BCUT2D eigenvalue weighted by atomic mass is 10.1. The fourth-order valence-corrected chi connectivity index (χ4v) is 3.12. The fraction of sp³-hybridized carbons (Fsp3) is 0.176. The molecule has 4 rings (SSSR count). The number of aryl methyl sites for hydroxylation is 1. The molecule has 0 radical (unpaired) electrons. The smallest absolute Gasteiger partial charge is 0.263 e. The van der Waals surface area contributed by atoms with E-state index < -0.39 is 29.7 Å². The minimum absolute atomic E-state index is 0.397. The Morgan fingerprint density at radius 1 is 1.04 bits per heavy atom. The lowest BCUT2D eigenvalue weighted by Crippen LogP contribution is -2.39. The largest absolute Gasteiger partial charge is 0.271 e. The van der Waals surface area contributed by atoms with Crippen LogP contribution in [0, 0.1) is 12.7 Å². The number of fused-ring (bicyclic) bond motifs is 1. The standard InChI is InChI=1S/C17H12ClFN4O2/c1-9-2-5-12(8-13(9)18)22-16(24)14-15(17(22)25)23(21-20-14)11-6-3-10(19)4-7-11/h2-8,14-15H,1H3. The molecule has 0 aromatic heterocycles. The van der Waals surface area contributed by atoms with Gasteiger partial charge in [-0.1, -0.05) is 22.9 Å². The van der Waals surface area contributed by atoms with Gasteiger partial charge in [-0.05, 0) is 48.9 Å². The molecule has 2 aliphatic rings. The quantitative estimate of drug-likeness (QED) is 0.774. The summed E-state index contributed by atoms with van der Waals surface area (Å²) in [5.41, 5.74) is 1.73. The molecule has 1 saturated heterocycles. The maximum Gasteiger partial charge on any atom is 0.263 e. The van der Waals surface area contributed by atoms with Gasteiger partial charge in [-0.2, -0.15) is 5.11 Å². The maximum absolute atomic E-state index is 13.1. The average molecular weight is 359 g/mol. The van der Waals surface area contributed by atoms with Crippen molar-refractivity contribution >= 4 is 34.8 Å². The molecule has 0 spiro atoms. The highest BCUT2D eigenvalue weighted by Gasteiger charge is 2.55. The lowest BCUT2D eigenvalue weighted by Gasteiger charge is -2.20. The van der Waals surface area contributed by atoms with Crippen molar-refractivity contribution in [2.75, 3.05) is 9.91 Å². The number of amides is 2. The molecule has 0 aliphatic carbocycles. The molecule has 2 atom stereocenters. The molecule has 0 N–H and O–H groups in total. The normalized spacial score (nSPS) is 22.0. The van der Waals surface area contributed by atoms with Crippen molar-refractivity contribution in [1.82, 2.24) is 0 Å². The number of hydrogen-bond donors (Lipinski definition) is 0. The van der Waals surface area contributed by atoms with E-state index in [1.165, 1.54) is 29.3 Å². The second kappa shape index (κ2) is 5.63. The van der Waals surface area contributed by atoms with Gasteiger partial charge in [0, 0.05) is 5.02 Å². The highest BCUT2D eigenvalue weighted by Crippen LogP contribution is 2.35. The van der Waals surface area contributed by atoms with E-state index in [9.17, 15) is 14.0 Å². The maximum atomic E-state index is 13.1. The molecule has 8 heteroatoms. The zero-order valence-electron chi connectivity index (χ0n) is 13.1. The Morgan fingerprint density at radius 3 is 2.40 bits per heavy atom. The number of benzene rings is 2. The third-order valence-electron chi connectivity index (χ3n) is 4.29. The van der Waals surface area contributed by atoms with Gasteiger partial charge in [0.25, 0.3) is 11.8 Å². The van der Waals surface area contributed by atoms with Gasteiger partial charge in [-0.3, -0.25) is 9.59 Å². The van der Waals surface area contributed by atoms with Crippen LogP contribution in [-0.4, -0.2) is 23.9 Å². The first-order valence-electron chi connectivity index (χ1n) is 7.57. The average Bonchev–Trinajstić information content (AvgIpc) is 3.12. The number of carbonyl (C=O) groups excluding carboxylic acids is 2. The van der Waals surface area contributed by atoms with Gasteiger partial charge >= 0.3 is 0 Å². The first kappa shape index (κ1) is 15.7. The molecule has 0 saturated carbocycles. The zero-order chi connectivity index (χ0) is 17.7. The number of carbonyl (C=O) groups is 2. The minimum atomic E-state index is -0.919. The van der Waals surface area contributed by atoms with E-state index in [0.29, 0.717) is 16.4 Å². The van der Waals surface area contributed by atoms with Crippen LogP contribution in [0.1, 0.15) is 5.56 Å². The Kier molecular flexibility index (Phi) is 3.54. The molecular weight excluding hydrogens is 347 g/mol. The van der Waals surface area contributed by atoms with E-state index in [4.69, 9.17) is 11.6 Å². The van der Waals surface area contributed by atoms with Crippen molar-refractivity contribution in [3.63, 3.8) is 0 Å². The van der Waals surface area contributed by atoms with Crippen molar-refractivity contribution in [1.29, 1.82) is 0 Å². The van der Waals surface area contributed by atoms with Gasteiger partial charge in [0.05, 0.1) is 11.4 Å². The highest BCUT2D eigenvalue weighted by molar-refractivity contribution is 6.32. The summed E-state index contributed by atoms with van der Waals surface area (Å²) in [7, 11) is 0. The third-order valence-corrected chi connectivity index (χ3v) is 4.69. The van der Waals surface area contributed by atoms with Crippen LogP contribution in [-0.2, 0) is 9.59 Å². The summed E-state index contributed by atoms with van der Waals surface area (Å²) < 4.78 is 13.1. The summed E-state index contributed by atoms with van der Waals surface area (Å²) in [6, 6.07) is 8.68. The van der Waals surface area contributed by atoms with Crippen LogP contribution in [0.5, 0.6) is 0 Å². The number of imide groups is 1. The van der Waals surface area contributed by atoms with Crippen LogP contribution in [0.4, 0.5) is 15.8 Å². The molecule has 2 amide bonds. The molecule has 2 heterocycles. The second-order valence-corrected chi connectivity index (χ2v) is 6.27. The molecule has 2 aliphatic heterocycles. The molecule has 2 aromatic carbocycles. The van der Waals surface area contributed by atoms with E-state index in [1.807, 2.05) is 6.92 Å². The second-order valence-electron chi connectivity index (χ2n) is 5.86. The van der Waals surface area contributed by atoms with Gasteiger partial charge in [-0.25, -0.2) is 14.3 Å². The first-order chi connectivity index (χ1) is 12.0. The van der Waals surface area contributed by atoms with Crippen molar-refractivity contribution in [3.8, 4) is 0 Å². The zero-order valence-corrected chi connectivity index (χ0v) is 13.8. The van der Waals surface area contributed by atoms with Gasteiger partial charge in [-0.15, -0.1) is 0 Å². The lowest BCUT2D eigenvalue weighted by molar-refractivity contribution is -0.121. The molecule has 1 fully saturated rings. The third kappa shape index (κ3) is 2.39. The van der Waals surface area contributed by atoms with Crippen molar-refractivity contribution in [2.24, 2.45) is 10.3 Å². The predicted molar refractivity (Wildman–Crippen MR) is 90.0 cm³/mol. The van der Waals surface area contributed by atoms with Crippen LogP contribution < -0.4 is 9.91 Å². The van der Waals surface area contributed by atoms with Gasteiger partial charge in [0.15, 0.2) is 12.1 Å². The van der Waals surface area contributed by atoms with Crippen LogP contribution in [0.3, 0.4) is 0 Å². The Bertz CT molecular complexity index is 915. The minimum Gasteiger partial charge on any atom is -0.271 e.